The third kappa shape index (κ3) is 1.51. The fourth-order valence-electron chi connectivity index (χ4n) is 4.35. The predicted octanol–water partition coefficient (Wildman–Crippen LogP) is 2.94. The number of piperidine rings is 1. The Balaban J connectivity index is 2.15. The summed E-state index contributed by atoms with van der Waals surface area (Å²) in [7, 11) is 2.26. The molecule has 98 valence electrons. The number of fused-ring (bicyclic) bond motifs is 4. The summed E-state index contributed by atoms with van der Waals surface area (Å²) in [6, 6.07) is 6.65. The molecule has 2 heteroatoms. The van der Waals surface area contributed by atoms with E-state index in [0.29, 0.717) is 17.7 Å². The van der Waals surface area contributed by atoms with Crippen molar-refractivity contribution in [3.63, 3.8) is 0 Å². The Bertz CT molecular complexity index is 470. The van der Waals surface area contributed by atoms with Crippen molar-refractivity contribution in [2.45, 2.75) is 44.6 Å². The molecular weight excluding hydrogens is 222 g/mol. The molecule has 1 unspecified atom stereocenters. The summed E-state index contributed by atoms with van der Waals surface area (Å²) in [5.41, 5.74) is 3.09. The summed E-state index contributed by atoms with van der Waals surface area (Å²) in [6.07, 6.45) is 3.57. The molecule has 2 nitrogen and oxygen atoms in total. The Hall–Kier alpha value is -1.02. The van der Waals surface area contributed by atoms with Crippen LogP contribution in [-0.2, 0) is 11.8 Å². The Labute approximate surface area is 110 Å². The zero-order chi connectivity index (χ0) is 12.9. The van der Waals surface area contributed by atoms with Crippen molar-refractivity contribution in [1.82, 2.24) is 4.90 Å². The maximum Gasteiger partial charge on any atom is 0.115 e. The highest BCUT2D eigenvalue weighted by molar-refractivity contribution is 5.44. The van der Waals surface area contributed by atoms with Gasteiger partial charge in [-0.25, -0.2) is 0 Å². The summed E-state index contributed by atoms with van der Waals surface area (Å²) in [4.78, 5) is 2.53. The van der Waals surface area contributed by atoms with Crippen molar-refractivity contribution in [3.05, 3.63) is 29.3 Å². The molecule has 1 saturated heterocycles. The van der Waals surface area contributed by atoms with Gasteiger partial charge in [-0.3, -0.25) is 0 Å². The van der Waals surface area contributed by atoms with Crippen molar-refractivity contribution in [2.75, 3.05) is 13.6 Å². The summed E-state index contributed by atoms with van der Waals surface area (Å²) < 4.78 is 0. The van der Waals surface area contributed by atoms with Crippen molar-refractivity contribution in [1.29, 1.82) is 0 Å². The van der Waals surface area contributed by atoms with E-state index in [2.05, 4.69) is 31.9 Å². The van der Waals surface area contributed by atoms with Crippen molar-refractivity contribution in [2.24, 2.45) is 5.92 Å². The minimum Gasteiger partial charge on any atom is -0.508 e. The Morgan fingerprint density at radius 2 is 2.22 bits per heavy atom. The van der Waals surface area contributed by atoms with E-state index in [4.69, 9.17) is 0 Å². The van der Waals surface area contributed by atoms with E-state index in [-0.39, 0.29) is 5.41 Å². The largest absolute Gasteiger partial charge is 0.508 e. The zero-order valence-electron chi connectivity index (χ0n) is 11.6. The molecule has 0 spiro atoms. The highest BCUT2D eigenvalue weighted by Gasteiger charge is 2.48. The van der Waals surface area contributed by atoms with Gasteiger partial charge in [-0.2, -0.15) is 0 Å². The number of benzene rings is 1. The molecular formula is C16H23NO. The van der Waals surface area contributed by atoms with Crippen LogP contribution >= 0.6 is 0 Å². The second kappa shape index (κ2) is 3.99. The Kier molecular flexibility index (Phi) is 2.67. The van der Waals surface area contributed by atoms with Gasteiger partial charge < -0.3 is 10.0 Å². The first-order valence-electron chi connectivity index (χ1n) is 7.09. The van der Waals surface area contributed by atoms with E-state index < -0.39 is 0 Å². The summed E-state index contributed by atoms with van der Waals surface area (Å²) >= 11 is 0. The molecule has 2 aliphatic rings. The van der Waals surface area contributed by atoms with Gasteiger partial charge in [0.2, 0.25) is 0 Å². The molecule has 0 aromatic heterocycles. The van der Waals surface area contributed by atoms with Crippen molar-refractivity contribution < 1.29 is 5.11 Å². The SMILES string of the molecule is CC[C@H]1C2Cc3ccc(O)cc3[C@]1(C)CCN2C. The lowest BCUT2D eigenvalue weighted by Crippen LogP contribution is -2.57. The molecule has 0 amide bonds. The molecule has 0 saturated carbocycles. The number of aromatic hydroxyl groups is 1. The number of nitrogens with zero attached hydrogens (tertiary/aromatic N) is 1. The average molecular weight is 245 g/mol. The van der Waals surface area contributed by atoms with E-state index in [0.717, 1.165) is 6.42 Å². The molecule has 1 heterocycles. The van der Waals surface area contributed by atoms with Crippen LogP contribution in [0.15, 0.2) is 18.2 Å². The fraction of sp³-hybridized carbons (Fsp3) is 0.625. The average Bonchev–Trinajstić information content (AvgIpc) is 2.35. The van der Waals surface area contributed by atoms with Crippen molar-refractivity contribution in [3.8, 4) is 5.75 Å². The molecule has 1 N–H and O–H groups in total. The molecule has 1 aromatic rings. The third-order valence-electron chi connectivity index (χ3n) is 5.41. The number of rotatable bonds is 1. The molecule has 1 aliphatic carbocycles. The lowest BCUT2D eigenvalue weighted by atomic mass is 9.57. The molecule has 18 heavy (non-hydrogen) atoms. The molecule has 3 atom stereocenters. The summed E-state index contributed by atoms with van der Waals surface area (Å²) in [5, 5.41) is 9.80. The lowest BCUT2D eigenvalue weighted by molar-refractivity contribution is 0.0376. The van der Waals surface area contributed by atoms with Crippen LogP contribution in [-0.4, -0.2) is 29.6 Å². The molecule has 0 radical (unpaired) electrons. The van der Waals surface area contributed by atoms with Gasteiger partial charge in [-0.15, -0.1) is 0 Å². The minimum absolute atomic E-state index is 0.248. The summed E-state index contributed by atoms with van der Waals surface area (Å²) in [5.74, 6) is 1.13. The van der Waals surface area contributed by atoms with E-state index >= 15 is 0 Å². The smallest absolute Gasteiger partial charge is 0.115 e. The highest BCUT2D eigenvalue weighted by Crippen LogP contribution is 2.50. The normalized spacial score (nSPS) is 35.3. The van der Waals surface area contributed by atoms with Crippen LogP contribution in [0.4, 0.5) is 0 Å². The first-order valence-corrected chi connectivity index (χ1v) is 7.09. The standard InChI is InChI=1S/C16H23NO/c1-4-13-15-9-11-5-6-12(18)10-14(11)16(13,2)7-8-17(15)3/h5-6,10,13,15,18H,4,7-9H2,1-3H3/t13-,15?,16+/m0/s1. The van der Waals surface area contributed by atoms with E-state index in [1.807, 2.05) is 12.1 Å². The van der Waals surface area contributed by atoms with Crippen LogP contribution in [0.2, 0.25) is 0 Å². The minimum atomic E-state index is 0.248. The monoisotopic (exact) mass is 245 g/mol. The number of likely N-dealkylation sites (tertiary alicyclic amines) is 1. The number of phenols is 1. The Morgan fingerprint density at radius 1 is 1.44 bits per heavy atom. The maximum absolute atomic E-state index is 9.80. The lowest BCUT2D eigenvalue weighted by Gasteiger charge is -2.54. The number of hydrogen-bond acceptors (Lipinski definition) is 2. The fourth-order valence-corrected chi connectivity index (χ4v) is 4.35. The topological polar surface area (TPSA) is 23.5 Å². The molecule has 1 aromatic carbocycles. The molecule has 2 bridgehead atoms. The van der Waals surface area contributed by atoms with Crippen LogP contribution in [0, 0.1) is 5.92 Å². The third-order valence-corrected chi connectivity index (χ3v) is 5.41. The van der Waals surface area contributed by atoms with Crippen LogP contribution in [0.25, 0.3) is 0 Å². The first-order chi connectivity index (χ1) is 8.56. The second-order valence-electron chi connectivity index (χ2n) is 6.28. The van der Waals surface area contributed by atoms with Gasteiger partial charge in [0, 0.05) is 6.04 Å². The van der Waals surface area contributed by atoms with E-state index in [9.17, 15) is 5.11 Å². The highest BCUT2D eigenvalue weighted by atomic mass is 16.3. The van der Waals surface area contributed by atoms with Crippen LogP contribution in [0.1, 0.15) is 37.8 Å². The van der Waals surface area contributed by atoms with Gasteiger partial charge in [0.1, 0.15) is 5.75 Å². The van der Waals surface area contributed by atoms with Gasteiger partial charge in [0.15, 0.2) is 0 Å². The second-order valence-corrected chi connectivity index (χ2v) is 6.28. The first kappa shape index (κ1) is 12.0. The van der Waals surface area contributed by atoms with Crippen LogP contribution in [0.3, 0.4) is 0 Å². The predicted molar refractivity (Wildman–Crippen MR) is 74.0 cm³/mol. The van der Waals surface area contributed by atoms with E-state index in [1.54, 1.807) is 0 Å². The number of likely N-dealkylation sites (N-methyl/N-ethyl adjacent to an activating group) is 1. The maximum atomic E-state index is 9.80. The van der Waals surface area contributed by atoms with Gasteiger partial charge in [0.25, 0.3) is 0 Å². The van der Waals surface area contributed by atoms with Crippen LogP contribution < -0.4 is 0 Å². The van der Waals surface area contributed by atoms with Gasteiger partial charge in [-0.05, 0) is 61.0 Å². The number of hydrogen-bond donors (Lipinski definition) is 1. The van der Waals surface area contributed by atoms with E-state index in [1.165, 1.54) is 30.5 Å². The molecule has 1 aliphatic heterocycles. The number of phenolic OH excluding ortho intramolecular Hbond substituents is 1. The quantitative estimate of drug-likeness (QED) is 0.822. The Morgan fingerprint density at radius 3 is 2.94 bits per heavy atom. The van der Waals surface area contributed by atoms with Gasteiger partial charge >= 0.3 is 0 Å². The molecule has 3 rings (SSSR count). The van der Waals surface area contributed by atoms with Crippen molar-refractivity contribution >= 4 is 0 Å². The van der Waals surface area contributed by atoms with Gasteiger partial charge in [0.05, 0.1) is 0 Å². The summed E-state index contributed by atoms with van der Waals surface area (Å²) in [6.45, 7) is 5.88. The van der Waals surface area contributed by atoms with Crippen LogP contribution in [0.5, 0.6) is 5.75 Å². The zero-order valence-corrected chi connectivity index (χ0v) is 11.6. The van der Waals surface area contributed by atoms with Gasteiger partial charge in [-0.1, -0.05) is 26.3 Å². The molecule has 1 fully saturated rings.